The van der Waals surface area contributed by atoms with E-state index in [0.717, 1.165) is 11.8 Å². The van der Waals surface area contributed by atoms with Gasteiger partial charge in [0.1, 0.15) is 0 Å². The quantitative estimate of drug-likeness (QED) is 0.224. The molecule has 0 saturated carbocycles. The van der Waals surface area contributed by atoms with Crippen LogP contribution in [0.15, 0.2) is 0 Å². The van der Waals surface area contributed by atoms with Crippen LogP contribution in [0.2, 0.25) is 0 Å². The van der Waals surface area contributed by atoms with Crippen molar-refractivity contribution in [3.63, 3.8) is 0 Å². The van der Waals surface area contributed by atoms with Crippen molar-refractivity contribution in [2.45, 2.75) is 237 Å². The van der Waals surface area contributed by atoms with E-state index in [1.807, 2.05) is 0 Å². The molecule has 0 saturated heterocycles. The molecule has 0 amide bonds. The van der Waals surface area contributed by atoms with Crippen molar-refractivity contribution >= 4 is 0 Å². The van der Waals surface area contributed by atoms with Crippen LogP contribution in [0.5, 0.6) is 0 Å². The molecule has 0 heterocycles. The van der Waals surface area contributed by atoms with E-state index in [4.69, 9.17) is 0 Å². The van der Waals surface area contributed by atoms with Gasteiger partial charge in [-0.1, -0.05) is 173 Å². The topological polar surface area (TPSA) is 0 Å². The molecule has 45 heavy (non-hydrogen) atoms. The Hall–Kier alpha value is 0. The van der Waals surface area contributed by atoms with Crippen molar-refractivity contribution in [3.05, 3.63) is 0 Å². The van der Waals surface area contributed by atoms with Gasteiger partial charge in [0.05, 0.1) is 0 Å². The van der Waals surface area contributed by atoms with Crippen molar-refractivity contribution in [2.24, 2.45) is 55.2 Å². The minimum absolute atomic E-state index is 0.455. The predicted molar refractivity (Wildman–Crippen MR) is 213 cm³/mol. The highest BCUT2D eigenvalue weighted by Gasteiger charge is 2.28. The second-order valence-corrected chi connectivity index (χ2v) is 24.7. The van der Waals surface area contributed by atoms with E-state index in [2.05, 4.69) is 166 Å². The zero-order valence-corrected chi connectivity index (χ0v) is 36.9. The molecule has 0 unspecified atom stereocenters. The normalized spacial score (nSPS) is 14.3. The summed E-state index contributed by atoms with van der Waals surface area (Å²) >= 11 is 0. The molecule has 0 spiro atoms. The molecule has 0 N–H and O–H groups in total. The smallest absolute Gasteiger partial charge is 0.0354 e. The molecule has 0 aromatic rings. The Balaban J connectivity index is -0.000000604. The van der Waals surface area contributed by atoms with Gasteiger partial charge < -0.3 is 0 Å². The lowest BCUT2D eigenvalue weighted by Crippen LogP contribution is -2.24. The minimum Gasteiger partial charge on any atom is -0.0602 e. The maximum Gasteiger partial charge on any atom is -0.0354 e. The Morgan fingerprint density at radius 1 is 0.289 bits per heavy atom. The lowest BCUT2D eigenvalue weighted by atomic mass is 9.71. The number of rotatable bonds is 10. The molecule has 0 aliphatic heterocycles. The summed E-state index contributed by atoms with van der Waals surface area (Å²) in [5.74, 6) is 1.75. The molecule has 276 valence electrons. The van der Waals surface area contributed by atoms with E-state index in [0.29, 0.717) is 43.3 Å². The average Bonchev–Trinajstić information content (AvgIpc) is 2.65. The summed E-state index contributed by atoms with van der Waals surface area (Å²) in [6.07, 6.45) is 15.0. The van der Waals surface area contributed by atoms with Gasteiger partial charge in [0.15, 0.2) is 0 Å². The van der Waals surface area contributed by atoms with Crippen LogP contribution in [-0.2, 0) is 0 Å². The van der Waals surface area contributed by atoms with Crippen LogP contribution < -0.4 is 0 Å². The standard InChI is InChI=1S/2C17H36.C11H24/c1-15(2,3)12-10-14(17(7,8)9)11-13-16(4,5)6;1-15(2,3)11-10-14(12-16(4,5)6)13-17(7,8)9;1-10(2,3)8-7-9-11(4,5)6/h2*14H,10-13H2,1-9H3;7-9H2,1-6H3. The second-order valence-electron chi connectivity index (χ2n) is 24.7. The fourth-order valence-electron chi connectivity index (χ4n) is 6.02. The van der Waals surface area contributed by atoms with Gasteiger partial charge in [-0.3, -0.25) is 0 Å². The van der Waals surface area contributed by atoms with Crippen molar-refractivity contribution in [3.8, 4) is 0 Å². The van der Waals surface area contributed by atoms with E-state index < -0.39 is 0 Å². The van der Waals surface area contributed by atoms with Crippen LogP contribution in [-0.4, -0.2) is 0 Å². The molecular weight excluding hydrogens is 540 g/mol. The Morgan fingerprint density at radius 3 is 0.733 bits per heavy atom. The summed E-state index contributed by atoms with van der Waals surface area (Å²) in [4.78, 5) is 0. The van der Waals surface area contributed by atoms with Gasteiger partial charge >= 0.3 is 0 Å². The third kappa shape index (κ3) is 44.0. The second kappa shape index (κ2) is 19.3. The van der Waals surface area contributed by atoms with Gasteiger partial charge in [-0.2, -0.15) is 0 Å². The largest absolute Gasteiger partial charge is 0.0602 e. The summed E-state index contributed by atoms with van der Waals surface area (Å²) in [5, 5.41) is 0. The van der Waals surface area contributed by atoms with Crippen molar-refractivity contribution in [1.29, 1.82) is 0 Å². The highest BCUT2D eigenvalue weighted by atomic mass is 14.3. The van der Waals surface area contributed by atoms with Crippen LogP contribution >= 0.6 is 0 Å². The monoisotopic (exact) mass is 637 g/mol. The van der Waals surface area contributed by atoms with Gasteiger partial charge in [0, 0.05) is 0 Å². The first-order valence-electron chi connectivity index (χ1n) is 19.3. The summed E-state index contributed by atoms with van der Waals surface area (Å²) < 4.78 is 0. The molecule has 0 rings (SSSR count). The molecule has 0 aliphatic rings. The van der Waals surface area contributed by atoms with Gasteiger partial charge in [-0.15, -0.1) is 0 Å². The highest BCUT2D eigenvalue weighted by molar-refractivity contribution is 4.79. The van der Waals surface area contributed by atoms with Crippen LogP contribution in [0, 0.1) is 55.2 Å². The van der Waals surface area contributed by atoms with Gasteiger partial charge in [0.2, 0.25) is 0 Å². The number of hydrogen-bond donors (Lipinski definition) is 0. The van der Waals surface area contributed by atoms with E-state index in [1.54, 1.807) is 0 Å². The van der Waals surface area contributed by atoms with E-state index in [1.165, 1.54) is 70.6 Å². The Bertz CT molecular complexity index is 659. The molecule has 0 aromatic carbocycles. The third-order valence-electron chi connectivity index (χ3n) is 8.67. The summed E-state index contributed by atoms with van der Waals surface area (Å²) in [6, 6.07) is 0. The molecule has 0 radical (unpaired) electrons. The van der Waals surface area contributed by atoms with Gasteiger partial charge in [-0.25, -0.2) is 0 Å². The molecule has 0 atom stereocenters. The van der Waals surface area contributed by atoms with E-state index in [-0.39, 0.29) is 0 Å². The fraction of sp³-hybridized carbons (Fsp3) is 1.00. The van der Waals surface area contributed by atoms with Crippen LogP contribution in [0.1, 0.15) is 237 Å². The van der Waals surface area contributed by atoms with Crippen LogP contribution in [0.25, 0.3) is 0 Å². The summed E-state index contributed by atoms with van der Waals surface area (Å²) in [7, 11) is 0. The Labute approximate surface area is 291 Å². The molecule has 0 aromatic heterocycles. The lowest BCUT2D eigenvalue weighted by molar-refractivity contribution is 0.164. The van der Waals surface area contributed by atoms with Crippen molar-refractivity contribution in [1.82, 2.24) is 0 Å². The molecule has 0 nitrogen and oxygen atoms in total. The van der Waals surface area contributed by atoms with Crippen LogP contribution in [0.4, 0.5) is 0 Å². The number of hydrogen-bond acceptors (Lipinski definition) is 0. The van der Waals surface area contributed by atoms with E-state index in [9.17, 15) is 0 Å². The predicted octanol–water partition coefficient (Wildman–Crippen LogP) is 16.9. The summed E-state index contributed by atoms with van der Waals surface area (Å²) in [5.41, 5.74) is 3.86. The molecular formula is C45H96. The highest BCUT2D eigenvalue weighted by Crippen LogP contribution is 2.39. The van der Waals surface area contributed by atoms with Crippen molar-refractivity contribution < 1.29 is 0 Å². The average molecular weight is 637 g/mol. The summed E-state index contributed by atoms with van der Waals surface area (Å²) in [6.45, 7) is 56.6. The first-order chi connectivity index (χ1) is 19.3. The van der Waals surface area contributed by atoms with Gasteiger partial charge in [-0.05, 0) is 119 Å². The lowest BCUT2D eigenvalue weighted by Gasteiger charge is -2.35. The van der Waals surface area contributed by atoms with E-state index >= 15 is 0 Å². The SMILES string of the molecule is CC(C)(C)CCC(CC(C)(C)C)CC(C)(C)C.CC(C)(C)CCC(CCC(C)(C)C)C(C)(C)C.CC(C)(C)CCCC(C)(C)C. The molecule has 0 bridgehead atoms. The molecule has 0 fully saturated rings. The first kappa shape index (κ1) is 49.4. The first-order valence-corrected chi connectivity index (χ1v) is 19.3. The zero-order valence-electron chi connectivity index (χ0n) is 36.9. The third-order valence-corrected chi connectivity index (χ3v) is 8.67. The Morgan fingerprint density at radius 2 is 0.533 bits per heavy atom. The van der Waals surface area contributed by atoms with Crippen LogP contribution in [0.3, 0.4) is 0 Å². The van der Waals surface area contributed by atoms with Crippen molar-refractivity contribution in [2.75, 3.05) is 0 Å². The fourth-order valence-corrected chi connectivity index (χ4v) is 6.02. The van der Waals surface area contributed by atoms with Gasteiger partial charge in [0.25, 0.3) is 0 Å². The zero-order chi connectivity index (χ0) is 36.9. The maximum atomic E-state index is 2.41. The molecule has 0 aliphatic carbocycles. The molecule has 0 heteroatoms. The Kier molecular flexibility index (Phi) is 21.1. The maximum absolute atomic E-state index is 2.41. The minimum atomic E-state index is 0.455.